The number of rotatable bonds is 3. The third-order valence-corrected chi connectivity index (χ3v) is 4.98. The van der Waals surface area contributed by atoms with Crippen LogP contribution in [0.1, 0.15) is 44.0 Å². The number of thioether (sulfide) groups is 1. The summed E-state index contributed by atoms with van der Waals surface area (Å²) in [6.07, 6.45) is 3.57. The van der Waals surface area contributed by atoms with Crippen molar-refractivity contribution >= 4 is 17.5 Å². The Balaban J connectivity index is 2.09. The number of Topliss-reactive ketones (excluding diaryl/α,β-unsaturated/α-hetero) is 1. The van der Waals surface area contributed by atoms with Gasteiger partial charge in [-0.2, -0.15) is 0 Å². The van der Waals surface area contributed by atoms with Gasteiger partial charge in [-0.3, -0.25) is 9.69 Å². The van der Waals surface area contributed by atoms with E-state index in [0.717, 1.165) is 30.8 Å². The van der Waals surface area contributed by atoms with Gasteiger partial charge in [-0.25, -0.2) is 4.39 Å². The van der Waals surface area contributed by atoms with Crippen LogP contribution in [-0.4, -0.2) is 35.6 Å². The molecule has 0 aliphatic carbocycles. The lowest BCUT2D eigenvalue weighted by Crippen LogP contribution is -2.47. The summed E-state index contributed by atoms with van der Waals surface area (Å²) in [6, 6.07) is 4.82. The first-order valence-electron chi connectivity index (χ1n) is 7.45. The molecule has 1 aliphatic rings. The summed E-state index contributed by atoms with van der Waals surface area (Å²) < 4.78 is 13.9. The van der Waals surface area contributed by atoms with Crippen LogP contribution in [0.2, 0.25) is 0 Å². The molecule has 0 atom stereocenters. The third kappa shape index (κ3) is 3.86. The quantitative estimate of drug-likeness (QED) is 0.615. The van der Waals surface area contributed by atoms with E-state index in [1.54, 1.807) is 12.1 Å². The zero-order valence-corrected chi connectivity index (χ0v) is 14.1. The third-order valence-electron chi connectivity index (χ3n) is 4.25. The Bertz CT molecular complexity index is 516. The van der Waals surface area contributed by atoms with E-state index in [0.29, 0.717) is 0 Å². The van der Waals surface area contributed by atoms with Gasteiger partial charge in [0.2, 0.25) is 0 Å². The van der Waals surface area contributed by atoms with Crippen molar-refractivity contribution in [2.45, 2.75) is 44.0 Å². The highest BCUT2D eigenvalue weighted by Gasteiger charge is 2.31. The van der Waals surface area contributed by atoms with E-state index in [-0.39, 0.29) is 22.8 Å². The van der Waals surface area contributed by atoms with Gasteiger partial charge in [0.1, 0.15) is 5.82 Å². The molecule has 0 amide bonds. The molecule has 0 bridgehead atoms. The van der Waals surface area contributed by atoms with Gasteiger partial charge < -0.3 is 0 Å². The van der Waals surface area contributed by atoms with E-state index in [4.69, 9.17) is 0 Å². The Labute approximate surface area is 131 Å². The Morgan fingerprint density at radius 1 is 1.29 bits per heavy atom. The molecule has 0 saturated carbocycles. The van der Waals surface area contributed by atoms with Crippen LogP contribution < -0.4 is 0 Å². The maximum absolute atomic E-state index is 13.9. The molecule has 1 saturated heterocycles. The van der Waals surface area contributed by atoms with Gasteiger partial charge in [-0.05, 0) is 71.2 Å². The summed E-state index contributed by atoms with van der Waals surface area (Å²) in [5, 5.41) is 0. The first kappa shape index (κ1) is 16.5. The summed E-state index contributed by atoms with van der Waals surface area (Å²) in [5.74, 6) is -0.469. The molecule has 0 unspecified atom stereocenters. The van der Waals surface area contributed by atoms with Gasteiger partial charge in [0.05, 0.1) is 5.56 Å². The number of benzene rings is 1. The summed E-state index contributed by atoms with van der Waals surface area (Å²) >= 11 is 1.53. The summed E-state index contributed by atoms with van der Waals surface area (Å²) in [6.45, 7) is 8.39. The number of hydrogen-bond donors (Lipinski definition) is 0. The van der Waals surface area contributed by atoms with Crippen molar-refractivity contribution < 1.29 is 9.18 Å². The molecule has 1 fully saturated rings. The van der Waals surface area contributed by atoms with Crippen LogP contribution in [0.5, 0.6) is 0 Å². The Morgan fingerprint density at radius 2 is 1.90 bits per heavy atom. The molecule has 116 valence electrons. The highest BCUT2D eigenvalue weighted by molar-refractivity contribution is 7.98. The second-order valence-corrected chi connectivity index (χ2v) is 7.52. The number of carbonyl (C=O) groups excluding carboxylic acids is 1. The largest absolute Gasteiger partial charge is 0.298 e. The van der Waals surface area contributed by atoms with Gasteiger partial charge in [0.25, 0.3) is 0 Å². The first-order chi connectivity index (χ1) is 9.82. The van der Waals surface area contributed by atoms with Gasteiger partial charge in [-0.15, -0.1) is 11.8 Å². The normalized spacial score (nSPS) is 18.0. The molecule has 0 N–H and O–H groups in total. The lowest BCUT2D eigenvalue weighted by Gasteiger charge is -2.40. The smallest absolute Gasteiger partial charge is 0.169 e. The molecule has 2 nitrogen and oxygen atoms in total. The first-order valence-corrected chi connectivity index (χ1v) is 8.68. The minimum Gasteiger partial charge on any atom is -0.298 e. The van der Waals surface area contributed by atoms with Crippen molar-refractivity contribution in [2.24, 2.45) is 5.92 Å². The highest BCUT2D eigenvalue weighted by Crippen LogP contribution is 2.28. The maximum atomic E-state index is 13.9. The molecule has 1 heterocycles. The van der Waals surface area contributed by atoms with Crippen LogP contribution >= 0.6 is 11.8 Å². The average Bonchev–Trinajstić information content (AvgIpc) is 2.46. The minimum absolute atomic E-state index is 0.0306. The molecule has 0 spiro atoms. The van der Waals surface area contributed by atoms with E-state index in [2.05, 4.69) is 25.7 Å². The van der Waals surface area contributed by atoms with Crippen LogP contribution in [-0.2, 0) is 0 Å². The molecule has 1 aromatic rings. The van der Waals surface area contributed by atoms with Gasteiger partial charge >= 0.3 is 0 Å². The fraction of sp³-hybridized carbons (Fsp3) is 0.588. The number of piperidine rings is 1. The lowest BCUT2D eigenvalue weighted by molar-refractivity contribution is 0.0672. The van der Waals surface area contributed by atoms with Crippen molar-refractivity contribution in [3.8, 4) is 0 Å². The van der Waals surface area contributed by atoms with Crippen LogP contribution in [0.3, 0.4) is 0 Å². The van der Waals surface area contributed by atoms with Crippen molar-refractivity contribution in [3.63, 3.8) is 0 Å². The molecule has 0 aromatic heterocycles. The predicted octanol–water partition coefficient (Wildman–Crippen LogP) is 4.24. The lowest BCUT2D eigenvalue weighted by atomic mass is 9.87. The molecular formula is C17H24FNOS. The second kappa shape index (κ2) is 6.49. The Hall–Kier alpha value is -0.870. The van der Waals surface area contributed by atoms with E-state index in [1.165, 1.54) is 17.8 Å². The maximum Gasteiger partial charge on any atom is 0.169 e. The van der Waals surface area contributed by atoms with Crippen molar-refractivity contribution in [3.05, 3.63) is 29.6 Å². The van der Waals surface area contributed by atoms with E-state index in [1.807, 2.05) is 6.26 Å². The molecule has 4 heteroatoms. The predicted molar refractivity (Wildman–Crippen MR) is 86.6 cm³/mol. The Kier molecular flexibility index (Phi) is 5.10. The monoisotopic (exact) mass is 309 g/mol. The van der Waals surface area contributed by atoms with E-state index >= 15 is 0 Å². The van der Waals surface area contributed by atoms with Crippen LogP contribution in [0, 0.1) is 11.7 Å². The Morgan fingerprint density at radius 3 is 2.43 bits per heavy atom. The standard InChI is InChI=1S/C17H24FNOS/c1-17(2,3)19-9-7-12(8-10-19)16(20)14-11-13(21-4)5-6-15(14)18/h5-6,11-12H,7-10H2,1-4H3. The van der Waals surface area contributed by atoms with Crippen LogP contribution in [0.25, 0.3) is 0 Å². The van der Waals surface area contributed by atoms with Gasteiger partial charge in [-0.1, -0.05) is 0 Å². The zero-order chi connectivity index (χ0) is 15.6. The van der Waals surface area contributed by atoms with Crippen molar-refractivity contribution in [1.82, 2.24) is 4.90 Å². The fourth-order valence-electron chi connectivity index (χ4n) is 2.85. The molecule has 21 heavy (non-hydrogen) atoms. The zero-order valence-electron chi connectivity index (χ0n) is 13.3. The summed E-state index contributed by atoms with van der Waals surface area (Å²) in [7, 11) is 0. The van der Waals surface area contributed by atoms with Crippen LogP contribution in [0.15, 0.2) is 23.1 Å². The number of ketones is 1. The number of likely N-dealkylation sites (tertiary alicyclic amines) is 1. The summed E-state index contributed by atoms with van der Waals surface area (Å²) in [4.78, 5) is 15.9. The SMILES string of the molecule is CSc1ccc(F)c(C(=O)C2CCN(C(C)(C)C)CC2)c1. The van der Waals surface area contributed by atoms with E-state index in [9.17, 15) is 9.18 Å². The second-order valence-electron chi connectivity index (χ2n) is 6.64. The van der Waals surface area contributed by atoms with Crippen LogP contribution in [0.4, 0.5) is 4.39 Å². The van der Waals surface area contributed by atoms with Crippen molar-refractivity contribution in [1.29, 1.82) is 0 Å². The van der Waals surface area contributed by atoms with Crippen molar-refractivity contribution in [2.75, 3.05) is 19.3 Å². The highest BCUT2D eigenvalue weighted by atomic mass is 32.2. The van der Waals surface area contributed by atoms with Gasteiger partial charge in [0, 0.05) is 16.4 Å². The number of halogens is 1. The van der Waals surface area contributed by atoms with E-state index < -0.39 is 5.82 Å². The number of hydrogen-bond acceptors (Lipinski definition) is 3. The molecule has 1 aromatic carbocycles. The average molecular weight is 309 g/mol. The molecular weight excluding hydrogens is 285 g/mol. The molecule has 2 rings (SSSR count). The number of carbonyl (C=O) groups is 1. The number of nitrogens with zero attached hydrogens (tertiary/aromatic N) is 1. The molecule has 0 radical (unpaired) electrons. The fourth-order valence-corrected chi connectivity index (χ4v) is 3.29. The topological polar surface area (TPSA) is 20.3 Å². The van der Waals surface area contributed by atoms with Gasteiger partial charge in [0.15, 0.2) is 5.78 Å². The summed E-state index contributed by atoms with van der Waals surface area (Å²) in [5.41, 5.74) is 0.397. The molecule has 1 aliphatic heterocycles. The minimum atomic E-state index is -0.393.